The van der Waals surface area contributed by atoms with E-state index in [1.54, 1.807) is 59.8 Å². The van der Waals surface area contributed by atoms with Gasteiger partial charge < -0.3 is 19.1 Å². The van der Waals surface area contributed by atoms with Gasteiger partial charge in [0, 0.05) is 44.3 Å². The summed E-state index contributed by atoms with van der Waals surface area (Å²) < 4.78 is 16.3. The van der Waals surface area contributed by atoms with Gasteiger partial charge in [-0.2, -0.15) is 0 Å². The van der Waals surface area contributed by atoms with E-state index >= 15 is 0 Å². The van der Waals surface area contributed by atoms with E-state index in [0.717, 1.165) is 5.56 Å². The number of hydrogen-bond acceptors (Lipinski definition) is 8. The molecule has 2 aromatic heterocycles. The van der Waals surface area contributed by atoms with Crippen molar-refractivity contribution < 1.29 is 28.6 Å². The van der Waals surface area contributed by atoms with E-state index in [2.05, 4.69) is 9.97 Å². The third kappa shape index (κ3) is 6.02. The Balaban J connectivity index is 1.51. The molecule has 1 aromatic carbocycles. The van der Waals surface area contributed by atoms with Gasteiger partial charge in [0.05, 0.1) is 24.3 Å². The Morgan fingerprint density at radius 1 is 0.853 bits per heavy atom. The highest BCUT2D eigenvalue weighted by Gasteiger charge is 2.19. The lowest BCUT2D eigenvalue weighted by Crippen LogP contribution is -2.40. The van der Waals surface area contributed by atoms with Crippen LogP contribution in [0.1, 0.15) is 32.7 Å². The van der Waals surface area contributed by atoms with Crippen LogP contribution in [0.2, 0.25) is 0 Å². The Morgan fingerprint density at radius 3 is 2.06 bits per heavy atom. The van der Waals surface area contributed by atoms with E-state index in [1.165, 1.54) is 12.4 Å². The molecule has 0 saturated carbocycles. The minimum Gasteiger partial charge on any atom is -0.419 e. The van der Waals surface area contributed by atoms with Crippen LogP contribution in [-0.2, 0) is 16.0 Å². The van der Waals surface area contributed by atoms with Gasteiger partial charge in [-0.1, -0.05) is 6.07 Å². The predicted octanol–water partition coefficient (Wildman–Crippen LogP) is 2.71. The molecule has 0 aliphatic carbocycles. The predicted molar refractivity (Wildman–Crippen MR) is 121 cm³/mol. The van der Waals surface area contributed by atoms with Crippen molar-refractivity contribution in [1.82, 2.24) is 14.9 Å². The lowest BCUT2D eigenvalue weighted by atomic mass is 10.1. The van der Waals surface area contributed by atoms with Gasteiger partial charge in [0.1, 0.15) is 0 Å². The summed E-state index contributed by atoms with van der Waals surface area (Å²) in [6.07, 6.45) is 6.59. The number of aryl methyl sites for hydroxylation is 1. The Kier molecular flexibility index (Phi) is 7.56. The first-order valence-corrected chi connectivity index (χ1v) is 10.8. The minimum absolute atomic E-state index is 0.0317. The summed E-state index contributed by atoms with van der Waals surface area (Å²) in [5.74, 6) is -1.10. The third-order valence-electron chi connectivity index (χ3n) is 5.20. The van der Waals surface area contributed by atoms with Crippen LogP contribution in [0.25, 0.3) is 0 Å². The van der Waals surface area contributed by atoms with Gasteiger partial charge in [0.15, 0.2) is 11.5 Å². The van der Waals surface area contributed by atoms with Crippen molar-refractivity contribution in [1.29, 1.82) is 0 Å². The molecule has 1 fully saturated rings. The molecule has 9 heteroatoms. The molecule has 3 aromatic rings. The molecule has 0 radical (unpaired) electrons. The maximum atomic E-state index is 12.6. The van der Waals surface area contributed by atoms with Gasteiger partial charge in [-0.3, -0.25) is 14.8 Å². The summed E-state index contributed by atoms with van der Waals surface area (Å²) in [5.41, 5.74) is 1.27. The van der Waals surface area contributed by atoms with E-state index in [4.69, 9.17) is 14.2 Å². The first kappa shape index (κ1) is 23.1. The molecule has 3 heterocycles. The van der Waals surface area contributed by atoms with Crippen LogP contribution in [0.3, 0.4) is 0 Å². The van der Waals surface area contributed by atoms with Gasteiger partial charge >= 0.3 is 11.9 Å². The zero-order valence-electron chi connectivity index (χ0n) is 18.4. The molecule has 0 spiro atoms. The molecule has 0 atom stereocenters. The Hall–Kier alpha value is -4.11. The molecule has 1 saturated heterocycles. The van der Waals surface area contributed by atoms with Crippen molar-refractivity contribution in [3.05, 3.63) is 83.9 Å². The number of hydrogen-bond donors (Lipinski definition) is 0. The first-order chi connectivity index (χ1) is 16.6. The number of pyridine rings is 2. The van der Waals surface area contributed by atoms with Crippen LogP contribution in [0.5, 0.6) is 11.5 Å². The van der Waals surface area contributed by atoms with Crippen molar-refractivity contribution in [2.45, 2.75) is 12.8 Å². The average Bonchev–Trinajstić information content (AvgIpc) is 2.90. The van der Waals surface area contributed by atoms with Crippen LogP contribution < -0.4 is 9.47 Å². The second kappa shape index (κ2) is 11.2. The quantitative estimate of drug-likeness (QED) is 0.390. The lowest BCUT2D eigenvalue weighted by Gasteiger charge is -2.26. The second-order valence-electron chi connectivity index (χ2n) is 7.54. The fourth-order valence-electron chi connectivity index (χ4n) is 3.38. The Bertz CT molecular complexity index is 1150. The van der Waals surface area contributed by atoms with Gasteiger partial charge in [-0.25, -0.2) is 9.59 Å². The SMILES string of the molecule is O=C(Oc1ccc(CCC(=O)N2CCOCC2)cc1OC(=O)c1cccnc1)c1cccnc1. The Morgan fingerprint density at radius 2 is 1.47 bits per heavy atom. The number of carbonyl (C=O) groups is 3. The van der Waals surface area contributed by atoms with Crippen molar-refractivity contribution in [2.75, 3.05) is 26.3 Å². The number of amides is 1. The largest absolute Gasteiger partial charge is 0.419 e. The summed E-state index contributed by atoms with van der Waals surface area (Å²) in [5, 5.41) is 0. The fourth-order valence-corrected chi connectivity index (χ4v) is 3.38. The molecule has 4 rings (SSSR count). The molecule has 1 amide bonds. The molecule has 9 nitrogen and oxygen atoms in total. The molecule has 0 unspecified atom stereocenters. The smallest absolute Gasteiger partial charge is 0.345 e. The van der Waals surface area contributed by atoms with Gasteiger partial charge in [-0.05, 0) is 48.4 Å². The summed E-state index contributed by atoms with van der Waals surface area (Å²) in [4.78, 5) is 47.2. The third-order valence-corrected chi connectivity index (χ3v) is 5.20. The van der Waals surface area contributed by atoms with Crippen LogP contribution in [0, 0.1) is 0 Å². The molecule has 1 aliphatic heterocycles. The van der Waals surface area contributed by atoms with Crippen LogP contribution in [-0.4, -0.2) is 59.0 Å². The van der Waals surface area contributed by atoms with Gasteiger partial charge in [0.25, 0.3) is 0 Å². The minimum atomic E-state index is -0.645. The summed E-state index contributed by atoms with van der Waals surface area (Å²) >= 11 is 0. The highest BCUT2D eigenvalue weighted by molar-refractivity contribution is 5.92. The summed E-state index contributed by atoms with van der Waals surface area (Å²) in [7, 11) is 0. The summed E-state index contributed by atoms with van der Waals surface area (Å²) in [6.45, 7) is 2.24. The van der Waals surface area contributed by atoms with E-state index in [1.807, 2.05) is 0 Å². The van der Waals surface area contributed by atoms with Crippen molar-refractivity contribution in [2.24, 2.45) is 0 Å². The Labute approximate surface area is 196 Å². The highest BCUT2D eigenvalue weighted by Crippen LogP contribution is 2.30. The molecule has 34 heavy (non-hydrogen) atoms. The molecule has 0 bridgehead atoms. The number of ether oxygens (including phenoxy) is 3. The van der Waals surface area contributed by atoms with E-state index in [0.29, 0.717) is 39.1 Å². The normalized spacial score (nSPS) is 13.2. The molecule has 0 N–H and O–H groups in total. The van der Waals surface area contributed by atoms with Crippen molar-refractivity contribution in [3.8, 4) is 11.5 Å². The number of rotatable bonds is 7. The van der Waals surface area contributed by atoms with Crippen LogP contribution in [0.15, 0.2) is 67.3 Å². The number of morpholine rings is 1. The number of benzene rings is 1. The number of aromatic nitrogens is 2. The summed E-state index contributed by atoms with van der Waals surface area (Å²) in [6, 6.07) is 11.3. The number of carbonyl (C=O) groups excluding carboxylic acids is 3. The maximum absolute atomic E-state index is 12.6. The zero-order valence-corrected chi connectivity index (χ0v) is 18.4. The molecular formula is C25H23N3O6. The standard InChI is InChI=1S/C25H23N3O6/c29-23(28-11-13-32-14-12-28)8-6-18-5-7-21(33-24(30)19-3-1-9-26-16-19)22(15-18)34-25(31)20-4-2-10-27-17-20/h1-5,7,9-10,15-17H,6,8,11-14H2. The van der Waals surface area contributed by atoms with Crippen LogP contribution in [0.4, 0.5) is 0 Å². The van der Waals surface area contributed by atoms with E-state index < -0.39 is 11.9 Å². The van der Waals surface area contributed by atoms with Crippen LogP contribution >= 0.6 is 0 Å². The molecule has 174 valence electrons. The zero-order chi connectivity index (χ0) is 23.8. The van der Waals surface area contributed by atoms with Gasteiger partial charge in [0.2, 0.25) is 5.91 Å². The van der Waals surface area contributed by atoms with Gasteiger partial charge in [-0.15, -0.1) is 0 Å². The highest BCUT2D eigenvalue weighted by atomic mass is 16.6. The monoisotopic (exact) mass is 461 g/mol. The van der Waals surface area contributed by atoms with E-state index in [9.17, 15) is 14.4 Å². The molecule has 1 aliphatic rings. The lowest BCUT2D eigenvalue weighted by molar-refractivity contribution is -0.135. The fraction of sp³-hybridized carbons (Fsp3) is 0.240. The number of nitrogens with zero attached hydrogens (tertiary/aromatic N) is 3. The van der Waals surface area contributed by atoms with Crippen molar-refractivity contribution >= 4 is 17.8 Å². The number of esters is 2. The first-order valence-electron chi connectivity index (χ1n) is 10.8. The maximum Gasteiger partial charge on any atom is 0.345 e. The topological polar surface area (TPSA) is 108 Å². The van der Waals surface area contributed by atoms with E-state index in [-0.39, 0.29) is 28.5 Å². The second-order valence-corrected chi connectivity index (χ2v) is 7.54. The molecular weight excluding hydrogens is 438 g/mol. The van der Waals surface area contributed by atoms with Crippen molar-refractivity contribution in [3.63, 3.8) is 0 Å². The average molecular weight is 461 g/mol.